The molecule has 0 radical (unpaired) electrons. The summed E-state index contributed by atoms with van der Waals surface area (Å²) in [6.07, 6.45) is -0.433. The molecule has 1 amide bonds. The number of nitrogens with one attached hydrogen (secondary N) is 2. The maximum Gasteiger partial charge on any atom is 0.412 e. The van der Waals surface area contributed by atoms with Gasteiger partial charge < -0.3 is 10.1 Å². The third-order valence-electron chi connectivity index (χ3n) is 2.88. The number of hydrogen-bond donors (Lipinski definition) is 2. The fourth-order valence-electron chi connectivity index (χ4n) is 1.83. The lowest BCUT2D eigenvalue weighted by Gasteiger charge is -2.28. The molecular formula is C14H19BrN2O2. The molecule has 1 aromatic rings. The molecule has 0 aromatic heterocycles. The van der Waals surface area contributed by atoms with Gasteiger partial charge in [0, 0.05) is 23.5 Å². The second-order valence-electron chi connectivity index (χ2n) is 5.72. The van der Waals surface area contributed by atoms with E-state index < -0.39 is 11.7 Å². The van der Waals surface area contributed by atoms with Crippen molar-refractivity contribution < 1.29 is 9.53 Å². The van der Waals surface area contributed by atoms with Crippen LogP contribution >= 0.6 is 15.9 Å². The van der Waals surface area contributed by atoms with Gasteiger partial charge in [0.1, 0.15) is 5.60 Å². The number of benzene rings is 1. The number of rotatable bonds is 2. The van der Waals surface area contributed by atoms with Crippen LogP contribution in [0.2, 0.25) is 0 Å². The van der Waals surface area contributed by atoms with Gasteiger partial charge in [0.05, 0.1) is 5.69 Å². The van der Waals surface area contributed by atoms with Gasteiger partial charge in [0.15, 0.2) is 0 Å². The topological polar surface area (TPSA) is 50.4 Å². The molecule has 0 spiro atoms. The molecule has 1 heterocycles. The number of ether oxygens (including phenoxy) is 1. The summed E-state index contributed by atoms with van der Waals surface area (Å²) in [5, 5.41) is 6.02. The van der Waals surface area contributed by atoms with E-state index >= 15 is 0 Å². The molecule has 0 saturated carbocycles. The Morgan fingerprint density at radius 2 is 2.11 bits per heavy atom. The number of carbonyl (C=O) groups excluding carboxylic acids is 1. The van der Waals surface area contributed by atoms with Crippen LogP contribution in [0.4, 0.5) is 10.5 Å². The van der Waals surface area contributed by atoms with Gasteiger partial charge in [-0.3, -0.25) is 5.32 Å². The van der Waals surface area contributed by atoms with Crippen molar-refractivity contribution in [2.45, 2.75) is 32.3 Å². The highest BCUT2D eigenvalue weighted by atomic mass is 79.9. The molecule has 1 aliphatic heterocycles. The Hall–Kier alpha value is -1.07. The van der Waals surface area contributed by atoms with Gasteiger partial charge in [-0.25, -0.2) is 4.79 Å². The molecule has 0 atom stereocenters. The number of carbonyl (C=O) groups is 1. The average Bonchev–Trinajstić information content (AvgIpc) is 2.17. The quantitative estimate of drug-likeness (QED) is 0.874. The normalized spacial score (nSPS) is 15.8. The van der Waals surface area contributed by atoms with Crippen LogP contribution < -0.4 is 10.6 Å². The molecule has 0 unspecified atom stereocenters. The van der Waals surface area contributed by atoms with Crippen LogP contribution in [0.3, 0.4) is 0 Å². The Labute approximate surface area is 122 Å². The van der Waals surface area contributed by atoms with Crippen LogP contribution in [0.15, 0.2) is 22.7 Å². The minimum atomic E-state index is -0.494. The SMILES string of the molecule is CC(C)(C)OC(=O)Nc1cc(C2CNC2)ccc1Br. The van der Waals surface area contributed by atoms with Crippen LogP contribution in [-0.2, 0) is 4.74 Å². The van der Waals surface area contributed by atoms with Crippen molar-refractivity contribution in [3.63, 3.8) is 0 Å². The second-order valence-corrected chi connectivity index (χ2v) is 6.58. The smallest absolute Gasteiger partial charge is 0.412 e. The summed E-state index contributed by atoms with van der Waals surface area (Å²) in [7, 11) is 0. The lowest BCUT2D eigenvalue weighted by molar-refractivity contribution is 0.0636. The third kappa shape index (κ3) is 3.94. The van der Waals surface area contributed by atoms with Gasteiger partial charge >= 0.3 is 6.09 Å². The maximum atomic E-state index is 11.8. The summed E-state index contributed by atoms with van der Waals surface area (Å²) in [4.78, 5) is 11.8. The van der Waals surface area contributed by atoms with E-state index in [0.29, 0.717) is 5.92 Å². The van der Waals surface area contributed by atoms with Gasteiger partial charge in [-0.15, -0.1) is 0 Å². The number of anilines is 1. The zero-order valence-corrected chi connectivity index (χ0v) is 13.0. The average molecular weight is 327 g/mol. The number of amides is 1. The minimum Gasteiger partial charge on any atom is -0.444 e. The summed E-state index contributed by atoms with van der Waals surface area (Å²) in [6.45, 7) is 7.52. The first-order chi connectivity index (χ1) is 8.85. The Morgan fingerprint density at radius 1 is 1.42 bits per heavy atom. The number of halogens is 1. The van der Waals surface area contributed by atoms with Crippen molar-refractivity contribution in [1.29, 1.82) is 0 Å². The summed E-state index contributed by atoms with van der Waals surface area (Å²) in [6, 6.07) is 6.04. The largest absolute Gasteiger partial charge is 0.444 e. The van der Waals surface area contributed by atoms with E-state index in [9.17, 15) is 4.79 Å². The lowest BCUT2D eigenvalue weighted by atomic mass is 9.93. The number of hydrogen-bond acceptors (Lipinski definition) is 3. The highest BCUT2D eigenvalue weighted by Gasteiger charge is 2.21. The summed E-state index contributed by atoms with van der Waals surface area (Å²) in [5.41, 5.74) is 1.48. The molecular weight excluding hydrogens is 308 g/mol. The molecule has 2 rings (SSSR count). The van der Waals surface area contributed by atoms with Crippen molar-refractivity contribution in [1.82, 2.24) is 5.32 Å². The molecule has 1 aliphatic rings. The minimum absolute atomic E-state index is 0.433. The Bertz CT molecular complexity index is 479. The maximum absolute atomic E-state index is 11.8. The third-order valence-corrected chi connectivity index (χ3v) is 3.57. The zero-order valence-electron chi connectivity index (χ0n) is 11.4. The zero-order chi connectivity index (χ0) is 14.0. The Morgan fingerprint density at radius 3 is 2.63 bits per heavy atom. The molecule has 1 aromatic carbocycles. The summed E-state index contributed by atoms with van der Waals surface area (Å²) < 4.78 is 6.11. The van der Waals surface area contributed by atoms with Crippen molar-refractivity contribution in [3.05, 3.63) is 28.2 Å². The van der Waals surface area contributed by atoms with Crippen LogP contribution in [0.1, 0.15) is 32.3 Å². The predicted molar refractivity (Wildman–Crippen MR) is 79.6 cm³/mol. The highest BCUT2D eigenvalue weighted by molar-refractivity contribution is 9.10. The summed E-state index contributed by atoms with van der Waals surface area (Å²) >= 11 is 3.44. The van der Waals surface area contributed by atoms with E-state index in [-0.39, 0.29) is 0 Å². The van der Waals surface area contributed by atoms with Crippen molar-refractivity contribution in [3.8, 4) is 0 Å². The van der Waals surface area contributed by atoms with E-state index in [1.807, 2.05) is 32.9 Å². The first kappa shape index (κ1) is 14.3. The fourth-order valence-corrected chi connectivity index (χ4v) is 2.18. The van der Waals surface area contributed by atoms with Gasteiger partial charge in [-0.1, -0.05) is 6.07 Å². The Kier molecular flexibility index (Phi) is 4.16. The molecule has 19 heavy (non-hydrogen) atoms. The predicted octanol–water partition coefficient (Wildman–Crippen LogP) is 3.48. The molecule has 1 fully saturated rings. The molecule has 1 saturated heterocycles. The van der Waals surface area contributed by atoms with Gasteiger partial charge in [-0.2, -0.15) is 0 Å². The van der Waals surface area contributed by atoms with E-state index in [0.717, 1.165) is 23.2 Å². The fraction of sp³-hybridized carbons (Fsp3) is 0.500. The standard InChI is InChI=1S/C14H19BrN2O2/c1-14(2,3)19-13(18)17-12-6-9(4-5-11(12)15)10-7-16-8-10/h4-6,10,16H,7-8H2,1-3H3,(H,17,18). The van der Waals surface area contributed by atoms with E-state index in [2.05, 4.69) is 32.6 Å². The van der Waals surface area contributed by atoms with Crippen LogP contribution in [0.25, 0.3) is 0 Å². The van der Waals surface area contributed by atoms with E-state index in [4.69, 9.17) is 4.74 Å². The van der Waals surface area contributed by atoms with Crippen LogP contribution in [-0.4, -0.2) is 24.8 Å². The van der Waals surface area contributed by atoms with Crippen LogP contribution in [0.5, 0.6) is 0 Å². The molecule has 0 bridgehead atoms. The summed E-state index contributed by atoms with van der Waals surface area (Å²) in [5.74, 6) is 0.535. The molecule has 104 valence electrons. The first-order valence-corrected chi connectivity index (χ1v) is 7.14. The first-order valence-electron chi connectivity index (χ1n) is 6.35. The lowest BCUT2D eigenvalue weighted by Crippen LogP contribution is -2.39. The highest BCUT2D eigenvalue weighted by Crippen LogP contribution is 2.29. The van der Waals surface area contributed by atoms with Crippen molar-refractivity contribution >= 4 is 27.7 Å². The molecule has 4 nitrogen and oxygen atoms in total. The van der Waals surface area contributed by atoms with E-state index in [1.165, 1.54) is 5.56 Å². The second kappa shape index (κ2) is 5.51. The monoisotopic (exact) mass is 326 g/mol. The van der Waals surface area contributed by atoms with Gasteiger partial charge in [0.25, 0.3) is 0 Å². The van der Waals surface area contributed by atoms with Gasteiger partial charge in [0.2, 0.25) is 0 Å². The van der Waals surface area contributed by atoms with Crippen molar-refractivity contribution in [2.24, 2.45) is 0 Å². The molecule has 5 heteroatoms. The molecule has 2 N–H and O–H groups in total. The van der Waals surface area contributed by atoms with Crippen LogP contribution in [0, 0.1) is 0 Å². The van der Waals surface area contributed by atoms with E-state index in [1.54, 1.807) is 0 Å². The Balaban J connectivity index is 2.08. The van der Waals surface area contributed by atoms with Crippen molar-refractivity contribution in [2.75, 3.05) is 18.4 Å². The molecule has 0 aliphatic carbocycles. The van der Waals surface area contributed by atoms with Gasteiger partial charge in [-0.05, 0) is 54.4 Å².